The topological polar surface area (TPSA) is 55.2 Å². The first kappa shape index (κ1) is 18.9. The highest BCUT2D eigenvalue weighted by molar-refractivity contribution is 5.36. The van der Waals surface area contributed by atoms with Gasteiger partial charge in [-0.25, -0.2) is 0 Å². The summed E-state index contributed by atoms with van der Waals surface area (Å²) in [5, 5.41) is 14.2. The summed E-state index contributed by atoms with van der Waals surface area (Å²) in [5.74, 6) is 0. The van der Waals surface area contributed by atoms with Gasteiger partial charge in [-0.1, -0.05) is 31.2 Å². The highest BCUT2D eigenvalue weighted by atomic mass is 19.4. The molecule has 7 heteroatoms. The highest BCUT2D eigenvalue weighted by Crippen LogP contribution is 2.31. The van der Waals surface area contributed by atoms with Crippen LogP contribution >= 0.6 is 0 Å². The molecule has 0 fully saturated rings. The molecular formula is C18H19F3N2O2. The van der Waals surface area contributed by atoms with Crippen LogP contribution in [-0.2, 0) is 6.18 Å². The van der Waals surface area contributed by atoms with E-state index in [0.717, 1.165) is 17.7 Å². The summed E-state index contributed by atoms with van der Waals surface area (Å²) >= 11 is 0. The number of benzene rings is 2. The third-order valence-electron chi connectivity index (χ3n) is 4.06. The number of alkyl halides is 3. The average Bonchev–Trinajstić information content (AvgIpc) is 2.59. The van der Waals surface area contributed by atoms with E-state index in [2.05, 4.69) is 5.32 Å². The van der Waals surface area contributed by atoms with E-state index in [-0.39, 0.29) is 17.8 Å². The normalized spacial score (nSPS) is 14.1. The molecule has 0 radical (unpaired) electrons. The maximum absolute atomic E-state index is 12.9. The lowest BCUT2D eigenvalue weighted by Gasteiger charge is -2.23. The van der Waals surface area contributed by atoms with Gasteiger partial charge in [0.05, 0.1) is 10.5 Å². The van der Waals surface area contributed by atoms with Crippen molar-refractivity contribution in [1.82, 2.24) is 5.32 Å². The van der Waals surface area contributed by atoms with Crippen molar-refractivity contribution in [1.29, 1.82) is 0 Å². The number of non-ortho nitro benzene ring substituents is 1. The van der Waals surface area contributed by atoms with Gasteiger partial charge in [0.1, 0.15) is 0 Å². The van der Waals surface area contributed by atoms with Crippen LogP contribution in [0.2, 0.25) is 0 Å². The second-order valence-electron chi connectivity index (χ2n) is 5.82. The summed E-state index contributed by atoms with van der Waals surface area (Å²) in [4.78, 5) is 10.5. The standard InChI is InChI=1S/C18H19F3N2O2/c1-3-17(14-7-5-9-16(11-14)23(24)25)22-12(2)13-6-4-8-15(10-13)18(19,20)21/h4-12,17,22H,3H2,1-2H3. The lowest BCUT2D eigenvalue weighted by molar-refractivity contribution is -0.384. The minimum Gasteiger partial charge on any atom is -0.303 e. The third-order valence-corrected chi connectivity index (χ3v) is 4.06. The summed E-state index contributed by atoms with van der Waals surface area (Å²) in [7, 11) is 0. The van der Waals surface area contributed by atoms with Crippen molar-refractivity contribution in [2.75, 3.05) is 0 Å². The van der Waals surface area contributed by atoms with Crippen LogP contribution in [0.3, 0.4) is 0 Å². The summed E-state index contributed by atoms with van der Waals surface area (Å²) in [5.41, 5.74) is 0.542. The number of halogens is 3. The number of hydrogen-bond donors (Lipinski definition) is 1. The Morgan fingerprint density at radius 1 is 1.12 bits per heavy atom. The maximum Gasteiger partial charge on any atom is 0.416 e. The number of nitrogens with zero attached hydrogens (tertiary/aromatic N) is 1. The molecule has 0 spiro atoms. The molecule has 1 N–H and O–H groups in total. The molecule has 0 heterocycles. The van der Waals surface area contributed by atoms with Crippen LogP contribution in [0.1, 0.15) is 49.0 Å². The zero-order chi connectivity index (χ0) is 18.6. The Kier molecular flexibility index (Phi) is 5.79. The summed E-state index contributed by atoms with van der Waals surface area (Å²) in [6, 6.07) is 10.9. The third kappa shape index (κ3) is 4.79. The molecule has 4 nitrogen and oxygen atoms in total. The quantitative estimate of drug-likeness (QED) is 0.558. The molecule has 0 aliphatic heterocycles. The molecule has 25 heavy (non-hydrogen) atoms. The molecule has 0 saturated carbocycles. The van der Waals surface area contributed by atoms with Crippen molar-refractivity contribution in [2.45, 2.75) is 38.5 Å². The van der Waals surface area contributed by atoms with Crippen LogP contribution < -0.4 is 5.32 Å². The minimum absolute atomic E-state index is 0.00975. The molecule has 0 amide bonds. The molecular weight excluding hydrogens is 333 g/mol. The van der Waals surface area contributed by atoms with Gasteiger partial charge >= 0.3 is 6.18 Å². The lowest BCUT2D eigenvalue weighted by Crippen LogP contribution is -2.24. The zero-order valence-corrected chi connectivity index (χ0v) is 13.9. The SMILES string of the molecule is CCC(NC(C)c1cccc(C(F)(F)F)c1)c1cccc([N+](=O)[O-])c1. The number of nitro groups is 1. The maximum atomic E-state index is 12.9. The fraction of sp³-hybridized carbons (Fsp3) is 0.333. The molecule has 134 valence electrons. The molecule has 0 aliphatic rings. The van der Waals surface area contributed by atoms with Gasteiger partial charge in [-0.3, -0.25) is 10.1 Å². The first-order valence-corrected chi connectivity index (χ1v) is 7.90. The lowest BCUT2D eigenvalue weighted by atomic mass is 10.00. The molecule has 0 aliphatic carbocycles. The number of rotatable bonds is 6. The summed E-state index contributed by atoms with van der Waals surface area (Å²) in [6.07, 6.45) is -3.75. The highest BCUT2D eigenvalue weighted by Gasteiger charge is 2.30. The van der Waals surface area contributed by atoms with Crippen LogP contribution in [0.4, 0.5) is 18.9 Å². The van der Waals surface area contributed by atoms with Crippen molar-refractivity contribution in [3.8, 4) is 0 Å². The van der Waals surface area contributed by atoms with Crippen LogP contribution in [0.5, 0.6) is 0 Å². The van der Waals surface area contributed by atoms with Crippen LogP contribution in [0.25, 0.3) is 0 Å². The van der Waals surface area contributed by atoms with Gasteiger partial charge in [-0.15, -0.1) is 0 Å². The minimum atomic E-state index is -4.39. The molecule has 2 atom stereocenters. The van der Waals surface area contributed by atoms with Gasteiger partial charge in [-0.05, 0) is 36.6 Å². The summed E-state index contributed by atoms with van der Waals surface area (Å²) < 4.78 is 38.6. The summed E-state index contributed by atoms with van der Waals surface area (Å²) in [6.45, 7) is 3.69. The molecule has 2 rings (SSSR count). The Hall–Kier alpha value is -2.41. The van der Waals surface area contributed by atoms with E-state index in [1.807, 2.05) is 6.92 Å². The van der Waals surface area contributed by atoms with E-state index >= 15 is 0 Å². The predicted octanol–water partition coefficient (Wildman–Crippen LogP) is 5.42. The van der Waals surface area contributed by atoms with Crippen molar-refractivity contribution in [3.63, 3.8) is 0 Å². The van der Waals surface area contributed by atoms with Crippen LogP contribution in [0, 0.1) is 10.1 Å². The number of nitro benzene ring substituents is 1. The van der Waals surface area contributed by atoms with E-state index in [1.165, 1.54) is 18.2 Å². The monoisotopic (exact) mass is 352 g/mol. The largest absolute Gasteiger partial charge is 0.416 e. The second-order valence-corrected chi connectivity index (χ2v) is 5.82. The molecule has 2 aromatic rings. The van der Waals surface area contributed by atoms with E-state index in [4.69, 9.17) is 0 Å². The number of nitrogens with one attached hydrogen (secondary N) is 1. The first-order chi connectivity index (χ1) is 11.7. The van der Waals surface area contributed by atoms with Gasteiger partial charge in [0.15, 0.2) is 0 Å². The van der Waals surface area contributed by atoms with Gasteiger partial charge < -0.3 is 5.32 Å². The van der Waals surface area contributed by atoms with Gasteiger partial charge in [0.2, 0.25) is 0 Å². The van der Waals surface area contributed by atoms with Crippen LogP contribution in [0.15, 0.2) is 48.5 Å². The second kappa shape index (κ2) is 7.65. The Bertz CT molecular complexity index is 747. The van der Waals surface area contributed by atoms with Crippen molar-refractivity contribution in [3.05, 3.63) is 75.3 Å². The first-order valence-electron chi connectivity index (χ1n) is 7.90. The fourth-order valence-corrected chi connectivity index (χ4v) is 2.69. The zero-order valence-electron chi connectivity index (χ0n) is 13.9. The Morgan fingerprint density at radius 3 is 2.36 bits per heavy atom. The van der Waals surface area contributed by atoms with Gasteiger partial charge in [0.25, 0.3) is 5.69 Å². The van der Waals surface area contributed by atoms with Crippen molar-refractivity contribution >= 4 is 5.69 Å². The van der Waals surface area contributed by atoms with Crippen molar-refractivity contribution in [2.24, 2.45) is 0 Å². The van der Waals surface area contributed by atoms with E-state index in [9.17, 15) is 23.3 Å². The van der Waals surface area contributed by atoms with E-state index < -0.39 is 16.7 Å². The van der Waals surface area contributed by atoms with Crippen LogP contribution in [-0.4, -0.2) is 4.92 Å². The number of hydrogen-bond acceptors (Lipinski definition) is 3. The van der Waals surface area contributed by atoms with Gasteiger partial charge in [-0.2, -0.15) is 13.2 Å². The van der Waals surface area contributed by atoms with E-state index in [0.29, 0.717) is 12.0 Å². The predicted molar refractivity (Wildman–Crippen MR) is 89.1 cm³/mol. The Balaban J connectivity index is 2.21. The average molecular weight is 352 g/mol. The Labute approximate surface area is 143 Å². The molecule has 2 aromatic carbocycles. The molecule has 0 aromatic heterocycles. The fourth-order valence-electron chi connectivity index (χ4n) is 2.69. The molecule has 0 bridgehead atoms. The Morgan fingerprint density at radius 2 is 1.76 bits per heavy atom. The molecule has 2 unspecified atom stereocenters. The van der Waals surface area contributed by atoms with Gasteiger partial charge in [0, 0.05) is 24.2 Å². The molecule has 0 saturated heterocycles. The smallest absolute Gasteiger partial charge is 0.303 e. The van der Waals surface area contributed by atoms with Crippen molar-refractivity contribution < 1.29 is 18.1 Å². The van der Waals surface area contributed by atoms with E-state index in [1.54, 1.807) is 25.1 Å².